The normalized spacial score (nSPS) is 12.8. The first-order valence-corrected chi connectivity index (χ1v) is 9.42. The lowest BCUT2D eigenvalue weighted by Crippen LogP contribution is -2.36. The van der Waals surface area contributed by atoms with Crippen molar-refractivity contribution in [2.24, 2.45) is 11.6 Å². The lowest BCUT2D eigenvalue weighted by molar-refractivity contribution is -0.124. The second-order valence-electron chi connectivity index (χ2n) is 6.64. The third-order valence-corrected chi connectivity index (χ3v) is 4.60. The van der Waals surface area contributed by atoms with Crippen molar-refractivity contribution in [1.82, 2.24) is 4.98 Å². The molecule has 1 radical (unpaired) electrons. The van der Waals surface area contributed by atoms with Gasteiger partial charge in [0.05, 0.1) is 12.3 Å². The first-order valence-electron chi connectivity index (χ1n) is 9.42. The molecule has 3 rings (SSSR count). The van der Waals surface area contributed by atoms with Crippen molar-refractivity contribution in [3.05, 3.63) is 60.4 Å². The number of rotatable bonds is 9. The topological polar surface area (TPSA) is 121 Å². The molecule has 155 valence electrons. The zero-order valence-electron chi connectivity index (χ0n) is 16.7. The van der Waals surface area contributed by atoms with Gasteiger partial charge in [0.25, 0.3) is 5.91 Å². The molecular formula is C22H23N4O4. The molecule has 3 aromatic rings. The van der Waals surface area contributed by atoms with Crippen molar-refractivity contribution < 1.29 is 19.1 Å². The Bertz CT molecular complexity index is 1060. The predicted octanol–water partition coefficient (Wildman–Crippen LogP) is 2.42. The quantitative estimate of drug-likeness (QED) is 0.413. The van der Waals surface area contributed by atoms with Gasteiger partial charge in [-0.2, -0.15) is 0 Å². The number of ether oxygens (including phenoxy) is 2. The van der Waals surface area contributed by atoms with Gasteiger partial charge in [0, 0.05) is 17.8 Å². The first kappa shape index (κ1) is 21.1. The molecule has 0 aliphatic carbocycles. The molecule has 8 heteroatoms. The Balaban J connectivity index is 1.93. The number of hydrogen-bond donors (Lipinski definition) is 2. The number of anilines is 1. The summed E-state index contributed by atoms with van der Waals surface area (Å²) in [4.78, 5) is 27.2. The van der Waals surface area contributed by atoms with Crippen LogP contribution in [0.3, 0.4) is 0 Å². The summed E-state index contributed by atoms with van der Waals surface area (Å²) in [6.07, 6.45) is 4.59. The molecule has 2 unspecified atom stereocenters. The number of hydrogen-bond acceptors (Lipinski definition) is 7. The van der Waals surface area contributed by atoms with Crippen LogP contribution in [0.25, 0.3) is 10.8 Å². The maximum atomic E-state index is 11.8. The molecule has 1 amide bonds. The van der Waals surface area contributed by atoms with Gasteiger partial charge in [-0.15, -0.1) is 0 Å². The van der Waals surface area contributed by atoms with Crippen molar-refractivity contribution in [3.63, 3.8) is 0 Å². The monoisotopic (exact) mass is 407 g/mol. The summed E-state index contributed by atoms with van der Waals surface area (Å²) >= 11 is 0. The number of amides is 1. The summed E-state index contributed by atoms with van der Waals surface area (Å²) in [6.45, 7) is 3.73. The lowest BCUT2D eigenvalue weighted by atomic mass is 10.1. The van der Waals surface area contributed by atoms with Gasteiger partial charge < -0.3 is 15.2 Å². The van der Waals surface area contributed by atoms with Crippen LogP contribution in [0.5, 0.6) is 11.5 Å². The van der Waals surface area contributed by atoms with Crippen molar-refractivity contribution in [2.45, 2.75) is 26.0 Å². The number of fused-ring (bicyclic) bond motifs is 1. The van der Waals surface area contributed by atoms with E-state index in [9.17, 15) is 9.59 Å². The average Bonchev–Trinajstić information content (AvgIpc) is 2.75. The van der Waals surface area contributed by atoms with Gasteiger partial charge in [0.15, 0.2) is 17.6 Å². The van der Waals surface area contributed by atoms with Crippen LogP contribution in [-0.4, -0.2) is 29.9 Å². The summed E-state index contributed by atoms with van der Waals surface area (Å²) in [5.74, 6) is 6.40. The molecule has 0 saturated carbocycles. The minimum Gasteiger partial charge on any atom is -0.490 e. The fourth-order valence-corrected chi connectivity index (χ4v) is 2.97. The van der Waals surface area contributed by atoms with Crippen LogP contribution in [0.15, 0.2) is 54.9 Å². The maximum Gasteiger partial charge on any atom is 0.258 e. The van der Waals surface area contributed by atoms with Crippen LogP contribution < -0.4 is 26.1 Å². The standard InChI is InChI=1S/C22H23N4O4/c1-3-29-21-11-16(5-7-20(21)30-14(2)22(23)28)19(13-27)26(24)18-6-4-17-12-25-9-8-15(17)10-18/h4-12,14,19H,3,24H2,1-2H3,(H2,23,28). The Morgan fingerprint density at radius 2 is 1.97 bits per heavy atom. The minimum absolute atomic E-state index is 0.346. The molecule has 0 aliphatic heterocycles. The Labute approximate surface area is 174 Å². The number of hydrazine groups is 1. The highest BCUT2D eigenvalue weighted by Gasteiger charge is 2.22. The van der Waals surface area contributed by atoms with Crippen molar-refractivity contribution >= 4 is 28.7 Å². The Hall–Kier alpha value is -3.65. The van der Waals surface area contributed by atoms with Gasteiger partial charge in [0.2, 0.25) is 6.29 Å². The smallest absolute Gasteiger partial charge is 0.258 e. The van der Waals surface area contributed by atoms with Crippen molar-refractivity contribution in [3.8, 4) is 11.5 Å². The van der Waals surface area contributed by atoms with E-state index in [1.54, 1.807) is 37.5 Å². The van der Waals surface area contributed by atoms with Crippen molar-refractivity contribution in [1.29, 1.82) is 0 Å². The van der Waals surface area contributed by atoms with Gasteiger partial charge in [-0.05, 0) is 55.1 Å². The SMILES string of the molecule is CCOc1cc(C([C]=O)N(N)c2ccc3cnccc3c2)ccc1OC(C)C(N)=O. The third-order valence-electron chi connectivity index (χ3n) is 4.60. The fraction of sp³-hybridized carbons (Fsp3) is 0.227. The zero-order chi connectivity index (χ0) is 21.7. The number of carbonyl (C=O) groups is 1. The number of benzene rings is 2. The molecule has 0 bridgehead atoms. The molecule has 1 aromatic heterocycles. The number of primary amides is 1. The van der Waals surface area contributed by atoms with Gasteiger partial charge in [-0.3, -0.25) is 19.6 Å². The number of pyridine rings is 1. The van der Waals surface area contributed by atoms with Gasteiger partial charge in [-0.25, -0.2) is 5.84 Å². The molecule has 2 atom stereocenters. The summed E-state index contributed by atoms with van der Waals surface area (Å²) < 4.78 is 11.2. The second kappa shape index (κ2) is 9.23. The first-order chi connectivity index (χ1) is 14.4. The summed E-state index contributed by atoms with van der Waals surface area (Å²) in [5.41, 5.74) is 6.47. The van der Waals surface area contributed by atoms with E-state index in [-0.39, 0.29) is 0 Å². The van der Waals surface area contributed by atoms with E-state index < -0.39 is 18.1 Å². The Morgan fingerprint density at radius 3 is 2.67 bits per heavy atom. The fourth-order valence-electron chi connectivity index (χ4n) is 2.97. The predicted molar refractivity (Wildman–Crippen MR) is 114 cm³/mol. The van der Waals surface area contributed by atoms with Gasteiger partial charge in [-0.1, -0.05) is 12.1 Å². The third kappa shape index (κ3) is 4.49. The Kier molecular flexibility index (Phi) is 6.48. The molecule has 30 heavy (non-hydrogen) atoms. The Morgan fingerprint density at radius 1 is 1.17 bits per heavy atom. The average molecular weight is 407 g/mol. The number of nitrogens with zero attached hydrogens (tertiary/aromatic N) is 2. The highest BCUT2D eigenvalue weighted by atomic mass is 16.5. The highest BCUT2D eigenvalue weighted by molar-refractivity contribution is 5.85. The van der Waals surface area contributed by atoms with Crippen LogP contribution in [0.4, 0.5) is 5.69 Å². The van der Waals surface area contributed by atoms with Crippen LogP contribution in [-0.2, 0) is 9.59 Å². The van der Waals surface area contributed by atoms with Crippen LogP contribution in [0, 0.1) is 0 Å². The molecule has 0 spiro atoms. The molecule has 0 aliphatic rings. The van der Waals surface area contributed by atoms with E-state index in [2.05, 4.69) is 4.98 Å². The van der Waals surface area contributed by atoms with Crippen LogP contribution in [0.1, 0.15) is 25.5 Å². The van der Waals surface area contributed by atoms with E-state index in [1.165, 1.54) is 5.01 Å². The van der Waals surface area contributed by atoms with Crippen molar-refractivity contribution in [2.75, 3.05) is 11.6 Å². The molecular weight excluding hydrogens is 384 g/mol. The van der Waals surface area contributed by atoms with Crippen LogP contribution in [0.2, 0.25) is 0 Å². The summed E-state index contributed by atoms with van der Waals surface area (Å²) in [7, 11) is 0. The molecule has 4 N–H and O–H groups in total. The van der Waals surface area contributed by atoms with E-state index in [4.69, 9.17) is 21.1 Å². The molecule has 0 saturated heterocycles. The van der Waals surface area contributed by atoms with E-state index in [0.717, 1.165) is 10.8 Å². The number of aromatic nitrogens is 1. The van der Waals surface area contributed by atoms with E-state index >= 15 is 0 Å². The highest BCUT2D eigenvalue weighted by Crippen LogP contribution is 2.33. The summed E-state index contributed by atoms with van der Waals surface area (Å²) in [5, 5.41) is 3.25. The second-order valence-corrected chi connectivity index (χ2v) is 6.64. The van der Waals surface area contributed by atoms with Crippen LogP contribution >= 0.6 is 0 Å². The molecule has 8 nitrogen and oxygen atoms in total. The van der Waals surface area contributed by atoms with E-state index in [1.807, 2.05) is 37.5 Å². The largest absolute Gasteiger partial charge is 0.490 e. The zero-order valence-corrected chi connectivity index (χ0v) is 16.7. The molecule has 2 aromatic carbocycles. The van der Waals surface area contributed by atoms with Gasteiger partial charge >= 0.3 is 0 Å². The number of carbonyl (C=O) groups excluding carboxylic acids is 2. The molecule has 1 heterocycles. The van der Waals surface area contributed by atoms with E-state index in [0.29, 0.717) is 29.4 Å². The minimum atomic E-state index is -0.883. The lowest BCUT2D eigenvalue weighted by Gasteiger charge is -2.26. The maximum absolute atomic E-state index is 11.8. The van der Waals surface area contributed by atoms with Gasteiger partial charge in [0.1, 0.15) is 6.04 Å². The number of nitrogens with two attached hydrogens (primary N) is 2. The molecule has 0 fully saturated rings. The summed E-state index contributed by atoms with van der Waals surface area (Å²) in [6, 6.07) is 11.5.